The van der Waals surface area contributed by atoms with E-state index in [4.69, 9.17) is 9.47 Å². The minimum atomic E-state index is -3.56. The maximum atomic E-state index is 12.6. The Morgan fingerprint density at radius 2 is 1.58 bits per heavy atom. The number of methoxy groups -OCH3 is 2. The van der Waals surface area contributed by atoms with Gasteiger partial charge in [0.05, 0.1) is 19.1 Å². The topological polar surface area (TPSA) is 64.6 Å². The summed E-state index contributed by atoms with van der Waals surface area (Å²) in [5, 5.41) is 0. The molecule has 0 bridgehead atoms. The van der Waals surface area contributed by atoms with E-state index in [1.165, 1.54) is 0 Å². The third-order valence-electron chi connectivity index (χ3n) is 4.51. The minimum absolute atomic E-state index is 0.264. The molecule has 0 spiro atoms. The first-order valence-electron chi connectivity index (χ1n) is 8.54. The van der Waals surface area contributed by atoms with Crippen LogP contribution in [-0.2, 0) is 21.9 Å². The first-order valence-corrected chi connectivity index (χ1v) is 10.0. The zero-order chi connectivity index (χ0) is 19.4. The molecule has 0 heterocycles. The molecular weight excluding hydrogens is 350 g/mol. The van der Waals surface area contributed by atoms with Gasteiger partial charge in [0.1, 0.15) is 0 Å². The third-order valence-corrected chi connectivity index (χ3v) is 5.93. The highest BCUT2D eigenvalue weighted by atomic mass is 32.2. The summed E-state index contributed by atoms with van der Waals surface area (Å²) in [6.45, 7) is 6.27. The van der Waals surface area contributed by atoms with Crippen LogP contribution in [0.3, 0.4) is 0 Å². The fourth-order valence-electron chi connectivity index (χ4n) is 2.62. The number of hydrogen-bond donors (Lipinski definition) is 1. The second-order valence-electron chi connectivity index (χ2n) is 6.78. The smallest absolute Gasteiger partial charge is 0.240 e. The minimum Gasteiger partial charge on any atom is -0.493 e. The number of aryl methyl sites for hydroxylation is 1. The Morgan fingerprint density at radius 3 is 2.12 bits per heavy atom. The van der Waals surface area contributed by atoms with Crippen LogP contribution in [0.2, 0.25) is 0 Å². The average Bonchev–Trinajstić information content (AvgIpc) is 2.66. The molecule has 0 aliphatic rings. The molecule has 0 unspecified atom stereocenters. The van der Waals surface area contributed by atoms with Crippen LogP contribution in [0.25, 0.3) is 0 Å². The van der Waals surface area contributed by atoms with Gasteiger partial charge in [-0.2, -0.15) is 0 Å². The molecule has 6 heteroatoms. The van der Waals surface area contributed by atoms with E-state index in [-0.39, 0.29) is 11.4 Å². The Balaban J connectivity index is 2.18. The van der Waals surface area contributed by atoms with Crippen LogP contribution < -0.4 is 14.2 Å². The van der Waals surface area contributed by atoms with Crippen molar-refractivity contribution in [2.24, 2.45) is 0 Å². The Labute approximate surface area is 156 Å². The molecule has 0 aliphatic carbocycles. The van der Waals surface area contributed by atoms with E-state index >= 15 is 0 Å². The first kappa shape index (κ1) is 20.3. The molecule has 142 valence electrons. The fraction of sp³-hybridized carbons (Fsp3) is 0.400. The van der Waals surface area contributed by atoms with Gasteiger partial charge in [-0.1, -0.05) is 39.0 Å². The van der Waals surface area contributed by atoms with Crippen molar-refractivity contribution in [3.05, 3.63) is 53.6 Å². The molecule has 0 atom stereocenters. The lowest BCUT2D eigenvalue weighted by Crippen LogP contribution is -2.36. The number of benzene rings is 2. The van der Waals surface area contributed by atoms with Crippen LogP contribution in [-0.4, -0.2) is 29.2 Å². The second-order valence-corrected chi connectivity index (χ2v) is 8.54. The first-order chi connectivity index (χ1) is 12.2. The number of sulfonamides is 1. The monoisotopic (exact) mass is 377 g/mol. The van der Waals surface area contributed by atoms with E-state index < -0.39 is 15.4 Å². The number of nitrogens with one attached hydrogen (secondary N) is 1. The predicted octanol–water partition coefficient (Wildman–Crippen LogP) is 3.52. The molecular formula is C20H27NO4S. The summed E-state index contributed by atoms with van der Waals surface area (Å²) in [5.41, 5.74) is 1.64. The zero-order valence-corrected chi connectivity index (χ0v) is 16.8. The summed E-state index contributed by atoms with van der Waals surface area (Å²) in [7, 11) is -0.396. The summed E-state index contributed by atoms with van der Waals surface area (Å²) >= 11 is 0. The van der Waals surface area contributed by atoms with Crippen LogP contribution in [0.15, 0.2) is 47.4 Å². The lowest BCUT2D eigenvalue weighted by molar-refractivity contribution is 0.353. The van der Waals surface area contributed by atoms with Crippen molar-refractivity contribution in [2.75, 3.05) is 20.8 Å². The largest absolute Gasteiger partial charge is 0.493 e. The number of ether oxygens (including phenoxy) is 2. The van der Waals surface area contributed by atoms with Crippen LogP contribution in [0, 0.1) is 0 Å². The summed E-state index contributed by atoms with van der Waals surface area (Å²) in [5.74, 6) is 1.26. The van der Waals surface area contributed by atoms with E-state index in [0.717, 1.165) is 17.5 Å². The molecule has 2 aromatic carbocycles. The maximum absolute atomic E-state index is 12.6. The molecule has 0 fully saturated rings. The molecule has 1 N–H and O–H groups in total. The van der Waals surface area contributed by atoms with Crippen molar-refractivity contribution in [3.63, 3.8) is 0 Å². The molecule has 0 saturated carbocycles. The quantitative estimate of drug-likeness (QED) is 0.764. The SMILES string of the molecule is CCc1ccc(S(=O)(=O)NCC(C)(C)c2ccc(OC)c(OC)c2)cc1. The Bertz CT molecular complexity index is 843. The Kier molecular flexibility index (Phi) is 6.31. The van der Waals surface area contributed by atoms with Gasteiger partial charge in [0.2, 0.25) is 10.0 Å². The van der Waals surface area contributed by atoms with Crippen molar-refractivity contribution in [2.45, 2.75) is 37.5 Å². The van der Waals surface area contributed by atoms with Gasteiger partial charge >= 0.3 is 0 Å². The summed E-state index contributed by atoms with van der Waals surface area (Å²) < 4.78 is 38.5. The molecule has 2 aromatic rings. The van der Waals surface area contributed by atoms with Crippen molar-refractivity contribution < 1.29 is 17.9 Å². The van der Waals surface area contributed by atoms with Gasteiger partial charge in [-0.05, 0) is 41.8 Å². The summed E-state index contributed by atoms with van der Waals surface area (Å²) in [6, 6.07) is 12.6. The van der Waals surface area contributed by atoms with Crippen molar-refractivity contribution in [1.29, 1.82) is 0 Å². The van der Waals surface area contributed by atoms with Crippen LogP contribution >= 0.6 is 0 Å². The van der Waals surface area contributed by atoms with Gasteiger partial charge < -0.3 is 9.47 Å². The van der Waals surface area contributed by atoms with Gasteiger partial charge in [0.25, 0.3) is 0 Å². The molecule has 0 amide bonds. The van der Waals surface area contributed by atoms with Crippen molar-refractivity contribution in [1.82, 2.24) is 4.72 Å². The zero-order valence-electron chi connectivity index (χ0n) is 16.0. The Hall–Kier alpha value is -2.05. The molecule has 0 radical (unpaired) electrons. The van der Waals surface area contributed by atoms with Gasteiger partial charge in [0, 0.05) is 12.0 Å². The highest BCUT2D eigenvalue weighted by Crippen LogP contribution is 2.33. The fourth-order valence-corrected chi connectivity index (χ4v) is 3.83. The standard InChI is InChI=1S/C20H27NO4S/c1-6-15-7-10-17(11-8-15)26(22,23)21-14-20(2,3)16-9-12-18(24-4)19(13-16)25-5/h7-13,21H,6,14H2,1-5H3. The summed E-state index contributed by atoms with van der Waals surface area (Å²) in [4.78, 5) is 0.276. The molecule has 2 rings (SSSR count). The number of rotatable bonds is 8. The lowest BCUT2D eigenvalue weighted by atomic mass is 9.85. The van der Waals surface area contributed by atoms with Crippen molar-refractivity contribution >= 4 is 10.0 Å². The molecule has 26 heavy (non-hydrogen) atoms. The van der Waals surface area contributed by atoms with E-state index in [1.54, 1.807) is 26.4 Å². The van der Waals surface area contributed by atoms with Gasteiger partial charge in [-0.15, -0.1) is 0 Å². The van der Waals surface area contributed by atoms with Gasteiger partial charge in [0.15, 0.2) is 11.5 Å². The van der Waals surface area contributed by atoms with Crippen LogP contribution in [0.1, 0.15) is 31.9 Å². The van der Waals surface area contributed by atoms with E-state index in [0.29, 0.717) is 11.5 Å². The lowest BCUT2D eigenvalue weighted by Gasteiger charge is -2.26. The van der Waals surface area contributed by atoms with Crippen molar-refractivity contribution in [3.8, 4) is 11.5 Å². The molecule has 5 nitrogen and oxygen atoms in total. The highest BCUT2D eigenvalue weighted by Gasteiger charge is 2.25. The normalized spacial score (nSPS) is 12.0. The van der Waals surface area contributed by atoms with E-state index in [9.17, 15) is 8.42 Å². The highest BCUT2D eigenvalue weighted by molar-refractivity contribution is 7.89. The van der Waals surface area contributed by atoms with Gasteiger partial charge in [-0.3, -0.25) is 0 Å². The van der Waals surface area contributed by atoms with E-state index in [1.807, 2.05) is 51.1 Å². The third kappa shape index (κ3) is 4.56. The van der Waals surface area contributed by atoms with Gasteiger partial charge in [-0.25, -0.2) is 13.1 Å². The van der Waals surface area contributed by atoms with Crippen LogP contribution in [0.4, 0.5) is 0 Å². The van der Waals surface area contributed by atoms with Crippen LogP contribution in [0.5, 0.6) is 11.5 Å². The predicted molar refractivity (Wildman–Crippen MR) is 104 cm³/mol. The Morgan fingerprint density at radius 1 is 0.962 bits per heavy atom. The molecule has 0 aliphatic heterocycles. The maximum Gasteiger partial charge on any atom is 0.240 e. The molecule has 0 saturated heterocycles. The molecule has 0 aromatic heterocycles. The summed E-state index contributed by atoms with van der Waals surface area (Å²) in [6.07, 6.45) is 0.875. The number of hydrogen-bond acceptors (Lipinski definition) is 4. The second kappa shape index (κ2) is 8.10. The average molecular weight is 378 g/mol. The van der Waals surface area contributed by atoms with E-state index in [2.05, 4.69) is 4.72 Å².